The van der Waals surface area contributed by atoms with Crippen molar-refractivity contribution in [2.75, 3.05) is 19.4 Å². The summed E-state index contributed by atoms with van der Waals surface area (Å²) < 4.78 is 5.42. The Balaban J connectivity index is 0.00000288. The summed E-state index contributed by atoms with van der Waals surface area (Å²) in [6, 6.07) is 15.5. The van der Waals surface area contributed by atoms with Gasteiger partial charge in [-0.25, -0.2) is 0 Å². The van der Waals surface area contributed by atoms with Gasteiger partial charge in [-0.15, -0.1) is 12.4 Å². The summed E-state index contributed by atoms with van der Waals surface area (Å²) in [6.07, 6.45) is 1.13. The van der Waals surface area contributed by atoms with E-state index < -0.39 is 0 Å². The molecule has 0 radical (unpaired) electrons. The lowest BCUT2D eigenvalue weighted by Gasteiger charge is -2.18. The number of anilines is 1. The number of carbonyl (C=O) groups is 1. The van der Waals surface area contributed by atoms with Gasteiger partial charge in [-0.05, 0) is 42.7 Å². The van der Waals surface area contributed by atoms with E-state index >= 15 is 0 Å². The predicted octanol–water partition coefficient (Wildman–Crippen LogP) is 3.68. The SMILES string of the molecule is CCOc1ccc(CN(C)C(=O)CCc2ccccc2N)cc1.Cl. The Morgan fingerprint density at radius 1 is 1.12 bits per heavy atom. The molecule has 0 aliphatic carbocycles. The first-order valence-electron chi connectivity index (χ1n) is 7.89. The van der Waals surface area contributed by atoms with E-state index in [2.05, 4.69) is 0 Å². The minimum absolute atomic E-state index is 0. The number of rotatable bonds is 7. The maximum atomic E-state index is 12.3. The lowest BCUT2D eigenvalue weighted by molar-refractivity contribution is -0.130. The highest BCUT2D eigenvalue weighted by atomic mass is 35.5. The summed E-state index contributed by atoms with van der Waals surface area (Å²) in [4.78, 5) is 14.0. The Kier molecular flexibility index (Phi) is 8.13. The third-order valence-electron chi connectivity index (χ3n) is 3.74. The molecule has 4 nitrogen and oxygen atoms in total. The van der Waals surface area contributed by atoms with Crippen LogP contribution >= 0.6 is 12.4 Å². The number of hydrogen-bond donors (Lipinski definition) is 1. The van der Waals surface area contributed by atoms with Gasteiger partial charge in [0.1, 0.15) is 5.75 Å². The highest BCUT2D eigenvalue weighted by molar-refractivity contribution is 5.85. The fourth-order valence-electron chi connectivity index (χ4n) is 2.41. The molecule has 0 spiro atoms. The summed E-state index contributed by atoms with van der Waals surface area (Å²) in [7, 11) is 1.83. The fraction of sp³-hybridized carbons (Fsp3) is 0.316. The van der Waals surface area contributed by atoms with Gasteiger partial charge >= 0.3 is 0 Å². The molecule has 24 heavy (non-hydrogen) atoms. The van der Waals surface area contributed by atoms with Gasteiger partial charge in [0, 0.05) is 25.7 Å². The van der Waals surface area contributed by atoms with E-state index in [1.54, 1.807) is 4.90 Å². The number of hydrogen-bond acceptors (Lipinski definition) is 3. The molecule has 2 aromatic rings. The summed E-state index contributed by atoms with van der Waals surface area (Å²) in [5, 5.41) is 0. The van der Waals surface area contributed by atoms with E-state index in [1.165, 1.54) is 0 Å². The maximum absolute atomic E-state index is 12.3. The zero-order chi connectivity index (χ0) is 16.7. The zero-order valence-electron chi connectivity index (χ0n) is 14.2. The molecule has 2 aromatic carbocycles. The number of amides is 1. The molecule has 0 fully saturated rings. The second-order valence-corrected chi connectivity index (χ2v) is 5.53. The van der Waals surface area contributed by atoms with Crippen LogP contribution in [-0.2, 0) is 17.8 Å². The van der Waals surface area contributed by atoms with Crippen LogP contribution in [0.25, 0.3) is 0 Å². The Morgan fingerprint density at radius 3 is 2.42 bits per heavy atom. The van der Waals surface area contributed by atoms with Crippen molar-refractivity contribution in [3.63, 3.8) is 0 Å². The molecule has 0 aliphatic heterocycles. The van der Waals surface area contributed by atoms with E-state index in [9.17, 15) is 4.79 Å². The zero-order valence-corrected chi connectivity index (χ0v) is 15.0. The highest BCUT2D eigenvalue weighted by Gasteiger charge is 2.10. The van der Waals surface area contributed by atoms with Crippen molar-refractivity contribution in [3.05, 3.63) is 59.7 Å². The van der Waals surface area contributed by atoms with Crippen LogP contribution in [0.4, 0.5) is 5.69 Å². The van der Waals surface area contributed by atoms with Crippen molar-refractivity contribution in [2.24, 2.45) is 0 Å². The van der Waals surface area contributed by atoms with Crippen molar-refractivity contribution < 1.29 is 9.53 Å². The number of aryl methyl sites for hydroxylation is 1. The fourth-order valence-corrected chi connectivity index (χ4v) is 2.41. The van der Waals surface area contributed by atoms with Gasteiger partial charge < -0.3 is 15.4 Å². The monoisotopic (exact) mass is 348 g/mol. The Bertz CT molecular complexity index is 644. The first kappa shape index (κ1) is 19.8. The molecular weight excluding hydrogens is 324 g/mol. The first-order chi connectivity index (χ1) is 11.1. The van der Waals surface area contributed by atoms with Gasteiger partial charge in [0.25, 0.3) is 0 Å². The highest BCUT2D eigenvalue weighted by Crippen LogP contribution is 2.15. The van der Waals surface area contributed by atoms with E-state index in [0.717, 1.165) is 22.6 Å². The van der Waals surface area contributed by atoms with Gasteiger partial charge in [-0.1, -0.05) is 30.3 Å². The lowest BCUT2D eigenvalue weighted by atomic mass is 10.1. The lowest BCUT2D eigenvalue weighted by Crippen LogP contribution is -2.26. The molecule has 130 valence electrons. The van der Waals surface area contributed by atoms with Crippen molar-refractivity contribution in [3.8, 4) is 5.75 Å². The van der Waals surface area contributed by atoms with Crippen molar-refractivity contribution >= 4 is 24.0 Å². The normalized spacial score (nSPS) is 9.92. The standard InChI is InChI=1S/C19H24N2O2.ClH/c1-3-23-17-11-8-15(9-12-17)14-21(2)19(22)13-10-16-6-4-5-7-18(16)20;/h4-9,11-12H,3,10,13-14,20H2,1-2H3;1H. The second kappa shape index (κ2) is 9.83. The molecule has 0 bridgehead atoms. The van der Waals surface area contributed by atoms with E-state index in [-0.39, 0.29) is 18.3 Å². The van der Waals surface area contributed by atoms with E-state index in [0.29, 0.717) is 26.0 Å². The summed E-state index contributed by atoms with van der Waals surface area (Å²) in [6.45, 7) is 3.20. The van der Waals surface area contributed by atoms with Gasteiger partial charge in [-0.2, -0.15) is 0 Å². The molecule has 5 heteroatoms. The smallest absolute Gasteiger partial charge is 0.222 e. The number of nitrogen functional groups attached to an aromatic ring is 1. The van der Waals surface area contributed by atoms with Gasteiger partial charge in [-0.3, -0.25) is 4.79 Å². The van der Waals surface area contributed by atoms with Gasteiger partial charge in [0.05, 0.1) is 6.61 Å². The minimum atomic E-state index is 0. The van der Waals surface area contributed by atoms with E-state index in [4.69, 9.17) is 10.5 Å². The molecule has 2 N–H and O–H groups in total. The third kappa shape index (κ3) is 5.78. The van der Waals surface area contributed by atoms with Gasteiger partial charge in [0.15, 0.2) is 0 Å². The molecule has 0 aliphatic rings. The van der Waals surface area contributed by atoms with Crippen LogP contribution in [-0.4, -0.2) is 24.5 Å². The summed E-state index contributed by atoms with van der Waals surface area (Å²) in [5.41, 5.74) is 8.76. The third-order valence-corrected chi connectivity index (χ3v) is 3.74. The van der Waals surface area contributed by atoms with Crippen molar-refractivity contribution in [2.45, 2.75) is 26.3 Å². The quantitative estimate of drug-likeness (QED) is 0.776. The molecule has 2 rings (SSSR count). The van der Waals surface area contributed by atoms with Crippen LogP contribution in [0.5, 0.6) is 5.75 Å². The Hall–Kier alpha value is -2.20. The van der Waals surface area contributed by atoms with Gasteiger partial charge in [0.2, 0.25) is 5.91 Å². The molecule has 0 unspecified atom stereocenters. The van der Waals surface area contributed by atoms with Crippen LogP contribution in [0.15, 0.2) is 48.5 Å². The first-order valence-corrected chi connectivity index (χ1v) is 7.89. The van der Waals surface area contributed by atoms with Crippen molar-refractivity contribution in [1.82, 2.24) is 4.90 Å². The summed E-state index contributed by atoms with van der Waals surface area (Å²) >= 11 is 0. The van der Waals surface area contributed by atoms with Crippen LogP contribution in [0, 0.1) is 0 Å². The summed E-state index contributed by atoms with van der Waals surface area (Å²) in [5.74, 6) is 0.965. The van der Waals surface area contributed by atoms with E-state index in [1.807, 2.05) is 62.5 Å². The topological polar surface area (TPSA) is 55.6 Å². The molecule has 0 heterocycles. The number of halogens is 1. The van der Waals surface area contributed by atoms with Crippen LogP contribution in [0.3, 0.4) is 0 Å². The molecule has 0 saturated carbocycles. The average Bonchev–Trinajstić information content (AvgIpc) is 2.56. The van der Waals surface area contributed by atoms with Crippen LogP contribution in [0.1, 0.15) is 24.5 Å². The Labute approximate surface area is 150 Å². The average molecular weight is 349 g/mol. The van der Waals surface area contributed by atoms with Crippen molar-refractivity contribution in [1.29, 1.82) is 0 Å². The number of nitrogens with two attached hydrogens (primary N) is 1. The number of carbonyl (C=O) groups excluding carboxylic acids is 1. The molecule has 0 saturated heterocycles. The maximum Gasteiger partial charge on any atom is 0.222 e. The van der Waals surface area contributed by atoms with Crippen LogP contribution < -0.4 is 10.5 Å². The minimum Gasteiger partial charge on any atom is -0.494 e. The second-order valence-electron chi connectivity index (χ2n) is 5.53. The number of para-hydroxylation sites is 1. The predicted molar refractivity (Wildman–Crippen MR) is 101 cm³/mol. The molecule has 0 atom stereocenters. The number of nitrogens with zero attached hydrogens (tertiary/aromatic N) is 1. The van der Waals surface area contributed by atoms with Crippen LogP contribution in [0.2, 0.25) is 0 Å². The molecule has 1 amide bonds. The molecule has 0 aromatic heterocycles. The number of ether oxygens (including phenoxy) is 1. The number of benzene rings is 2. The Morgan fingerprint density at radius 2 is 1.79 bits per heavy atom. The largest absolute Gasteiger partial charge is 0.494 e. The molecular formula is C19H25ClN2O2.